The monoisotopic (exact) mass is 227 g/mol. The summed E-state index contributed by atoms with van der Waals surface area (Å²) in [5, 5.41) is 2.94. The molecule has 16 heavy (non-hydrogen) atoms. The molecule has 1 aliphatic heterocycles. The molecule has 0 aromatic carbocycles. The summed E-state index contributed by atoms with van der Waals surface area (Å²) in [6.07, 6.45) is 2.03. The van der Waals surface area contributed by atoms with E-state index in [9.17, 15) is 4.79 Å². The van der Waals surface area contributed by atoms with Crippen molar-refractivity contribution in [3.8, 4) is 0 Å². The second-order valence-electron chi connectivity index (χ2n) is 5.39. The van der Waals surface area contributed by atoms with Gasteiger partial charge in [-0.15, -0.1) is 0 Å². The number of amides is 1. The molecule has 1 rings (SSSR count). The maximum Gasteiger partial charge on any atom is 0.234 e. The Morgan fingerprint density at radius 1 is 1.50 bits per heavy atom. The summed E-state index contributed by atoms with van der Waals surface area (Å²) >= 11 is 0. The normalized spacial score (nSPS) is 19.6. The molecule has 0 aliphatic carbocycles. The Labute approximate surface area is 98.6 Å². The Bertz CT molecular complexity index is 234. The van der Waals surface area contributed by atoms with Gasteiger partial charge in [0, 0.05) is 25.2 Å². The van der Waals surface area contributed by atoms with Gasteiger partial charge in [-0.05, 0) is 18.8 Å². The van der Waals surface area contributed by atoms with E-state index in [4.69, 9.17) is 5.73 Å². The number of nitrogens with zero attached hydrogens (tertiary/aromatic N) is 1. The average molecular weight is 227 g/mol. The first kappa shape index (κ1) is 13.5. The first-order chi connectivity index (χ1) is 7.45. The standard InChI is InChI=1S/C12H25N3O/c1-4-12(13)8-15(9-12)7-11(16)14-6-5-10(2)3/h10H,4-9,13H2,1-3H3,(H,14,16). The van der Waals surface area contributed by atoms with Gasteiger partial charge in [0.05, 0.1) is 6.54 Å². The largest absolute Gasteiger partial charge is 0.355 e. The van der Waals surface area contributed by atoms with Crippen molar-refractivity contribution in [3.05, 3.63) is 0 Å². The highest BCUT2D eigenvalue weighted by Crippen LogP contribution is 2.20. The predicted octanol–water partition coefficient (Wildman–Crippen LogP) is 0.572. The van der Waals surface area contributed by atoms with Crippen LogP contribution in [0, 0.1) is 5.92 Å². The minimum absolute atomic E-state index is 0.0434. The van der Waals surface area contributed by atoms with Gasteiger partial charge >= 0.3 is 0 Å². The third-order valence-electron chi connectivity index (χ3n) is 3.19. The SMILES string of the molecule is CCC1(N)CN(CC(=O)NCCC(C)C)C1. The lowest BCUT2D eigenvalue weighted by atomic mass is 9.88. The molecular weight excluding hydrogens is 202 g/mol. The molecule has 1 amide bonds. The van der Waals surface area contributed by atoms with Crippen LogP contribution in [0.15, 0.2) is 0 Å². The Hall–Kier alpha value is -0.610. The molecular formula is C12H25N3O. The zero-order valence-electron chi connectivity index (χ0n) is 10.8. The molecule has 4 nitrogen and oxygen atoms in total. The van der Waals surface area contributed by atoms with Crippen molar-refractivity contribution in [3.63, 3.8) is 0 Å². The molecule has 94 valence electrons. The van der Waals surface area contributed by atoms with E-state index in [2.05, 4.69) is 31.0 Å². The van der Waals surface area contributed by atoms with Crippen LogP contribution in [0.1, 0.15) is 33.6 Å². The van der Waals surface area contributed by atoms with Crippen LogP contribution >= 0.6 is 0 Å². The summed E-state index contributed by atoms with van der Waals surface area (Å²) in [4.78, 5) is 13.6. The highest BCUT2D eigenvalue weighted by molar-refractivity contribution is 5.78. The fourth-order valence-corrected chi connectivity index (χ4v) is 1.94. The Balaban J connectivity index is 2.08. The van der Waals surface area contributed by atoms with Crippen molar-refractivity contribution >= 4 is 5.91 Å². The lowest BCUT2D eigenvalue weighted by molar-refractivity contribution is -0.124. The highest BCUT2D eigenvalue weighted by atomic mass is 16.2. The van der Waals surface area contributed by atoms with Gasteiger partial charge < -0.3 is 11.1 Å². The number of hydrogen-bond acceptors (Lipinski definition) is 3. The van der Waals surface area contributed by atoms with E-state index in [0.717, 1.165) is 32.5 Å². The lowest BCUT2D eigenvalue weighted by Gasteiger charge is -2.47. The Morgan fingerprint density at radius 3 is 2.62 bits per heavy atom. The molecule has 1 heterocycles. The van der Waals surface area contributed by atoms with Crippen molar-refractivity contribution in [2.45, 2.75) is 39.2 Å². The summed E-state index contributed by atoms with van der Waals surface area (Å²) in [5.74, 6) is 0.764. The van der Waals surface area contributed by atoms with Crippen molar-refractivity contribution in [1.29, 1.82) is 0 Å². The Kier molecular flexibility index (Phi) is 4.74. The number of rotatable bonds is 6. The number of hydrogen-bond donors (Lipinski definition) is 2. The fourth-order valence-electron chi connectivity index (χ4n) is 1.94. The van der Waals surface area contributed by atoms with Crippen LogP contribution in [0.25, 0.3) is 0 Å². The van der Waals surface area contributed by atoms with E-state index in [1.54, 1.807) is 0 Å². The van der Waals surface area contributed by atoms with E-state index in [0.29, 0.717) is 12.5 Å². The van der Waals surface area contributed by atoms with Crippen molar-refractivity contribution in [2.75, 3.05) is 26.2 Å². The quantitative estimate of drug-likeness (QED) is 0.697. The molecule has 4 heteroatoms. The second-order valence-corrected chi connectivity index (χ2v) is 5.39. The second kappa shape index (κ2) is 5.64. The molecule has 0 radical (unpaired) electrons. The molecule has 0 spiro atoms. The van der Waals surface area contributed by atoms with Crippen LogP contribution in [-0.4, -0.2) is 42.5 Å². The smallest absolute Gasteiger partial charge is 0.234 e. The number of carbonyl (C=O) groups excluding carboxylic acids is 1. The van der Waals surface area contributed by atoms with Gasteiger partial charge in [0.2, 0.25) is 5.91 Å². The van der Waals surface area contributed by atoms with Crippen LogP contribution < -0.4 is 11.1 Å². The summed E-state index contributed by atoms with van der Waals surface area (Å²) in [5.41, 5.74) is 5.99. The fraction of sp³-hybridized carbons (Fsp3) is 0.917. The topological polar surface area (TPSA) is 58.4 Å². The third-order valence-corrected chi connectivity index (χ3v) is 3.19. The summed E-state index contributed by atoms with van der Waals surface area (Å²) < 4.78 is 0. The molecule has 1 fully saturated rings. The molecule has 0 aromatic rings. The van der Waals surface area contributed by atoms with Gasteiger partial charge in [0.15, 0.2) is 0 Å². The molecule has 0 unspecified atom stereocenters. The van der Waals surface area contributed by atoms with Crippen LogP contribution in [0.5, 0.6) is 0 Å². The van der Waals surface area contributed by atoms with Gasteiger partial charge in [-0.25, -0.2) is 0 Å². The third kappa shape index (κ3) is 4.10. The zero-order chi connectivity index (χ0) is 12.2. The van der Waals surface area contributed by atoms with Gasteiger partial charge in [-0.1, -0.05) is 20.8 Å². The molecule has 1 saturated heterocycles. The van der Waals surface area contributed by atoms with Crippen LogP contribution in [-0.2, 0) is 4.79 Å². The number of nitrogens with two attached hydrogens (primary N) is 1. The van der Waals surface area contributed by atoms with E-state index in [-0.39, 0.29) is 11.4 Å². The zero-order valence-corrected chi connectivity index (χ0v) is 10.8. The molecule has 0 saturated carbocycles. The molecule has 0 bridgehead atoms. The van der Waals surface area contributed by atoms with E-state index >= 15 is 0 Å². The number of nitrogens with one attached hydrogen (secondary N) is 1. The minimum Gasteiger partial charge on any atom is -0.355 e. The van der Waals surface area contributed by atoms with E-state index in [1.165, 1.54) is 0 Å². The first-order valence-electron chi connectivity index (χ1n) is 6.23. The maximum atomic E-state index is 11.5. The van der Waals surface area contributed by atoms with Crippen molar-refractivity contribution in [2.24, 2.45) is 11.7 Å². The van der Waals surface area contributed by atoms with Crippen molar-refractivity contribution in [1.82, 2.24) is 10.2 Å². The molecule has 0 atom stereocenters. The molecule has 0 aromatic heterocycles. The average Bonchev–Trinajstić information content (AvgIpc) is 2.14. The van der Waals surface area contributed by atoms with Gasteiger partial charge in [-0.2, -0.15) is 0 Å². The Morgan fingerprint density at radius 2 is 2.12 bits per heavy atom. The highest BCUT2D eigenvalue weighted by Gasteiger charge is 2.38. The van der Waals surface area contributed by atoms with E-state index < -0.39 is 0 Å². The van der Waals surface area contributed by atoms with Crippen LogP contribution in [0.3, 0.4) is 0 Å². The predicted molar refractivity (Wildman–Crippen MR) is 66.1 cm³/mol. The lowest BCUT2D eigenvalue weighted by Crippen LogP contribution is -2.68. The van der Waals surface area contributed by atoms with Crippen LogP contribution in [0.4, 0.5) is 0 Å². The van der Waals surface area contributed by atoms with Gasteiger partial charge in [0.25, 0.3) is 0 Å². The maximum absolute atomic E-state index is 11.5. The van der Waals surface area contributed by atoms with Gasteiger partial charge in [-0.3, -0.25) is 9.69 Å². The van der Waals surface area contributed by atoms with Crippen LogP contribution in [0.2, 0.25) is 0 Å². The number of carbonyl (C=O) groups is 1. The first-order valence-corrected chi connectivity index (χ1v) is 6.23. The van der Waals surface area contributed by atoms with Gasteiger partial charge in [0.1, 0.15) is 0 Å². The van der Waals surface area contributed by atoms with Crippen molar-refractivity contribution < 1.29 is 4.79 Å². The number of likely N-dealkylation sites (tertiary alicyclic amines) is 1. The molecule has 1 aliphatic rings. The summed E-state index contributed by atoms with van der Waals surface area (Å²) in [6, 6.07) is 0. The molecule has 3 N–H and O–H groups in total. The minimum atomic E-state index is -0.0434. The summed E-state index contributed by atoms with van der Waals surface area (Å²) in [7, 11) is 0. The summed E-state index contributed by atoms with van der Waals surface area (Å²) in [6.45, 7) is 9.39. The van der Waals surface area contributed by atoms with E-state index in [1.807, 2.05) is 0 Å².